The van der Waals surface area contributed by atoms with Crippen LogP contribution < -0.4 is 20.3 Å². The number of hydrogen-bond donors (Lipinski definition) is 1. The highest BCUT2D eigenvalue weighted by Gasteiger charge is 2.14. The number of hydrogen-bond acceptors (Lipinski definition) is 5. The van der Waals surface area contributed by atoms with Crippen molar-refractivity contribution in [1.29, 1.82) is 0 Å². The number of carbonyl (C=O) groups is 1. The number of pyridine rings is 1. The lowest BCUT2D eigenvalue weighted by atomic mass is 10.1. The van der Waals surface area contributed by atoms with Gasteiger partial charge in [0.15, 0.2) is 11.5 Å². The van der Waals surface area contributed by atoms with Crippen molar-refractivity contribution in [3.8, 4) is 11.5 Å². The van der Waals surface area contributed by atoms with E-state index in [1.807, 2.05) is 19.1 Å². The third kappa shape index (κ3) is 3.76. The number of benzene rings is 1. The van der Waals surface area contributed by atoms with Crippen molar-refractivity contribution in [2.75, 3.05) is 19.5 Å². The second-order valence-corrected chi connectivity index (χ2v) is 6.22. The van der Waals surface area contributed by atoms with Gasteiger partial charge in [-0.1, -0.05) is 6.07 Å². The largest absolute Gasteiger partial charge is 0.493 e. The Morgan fingerprint density at radius 3 is 2.56 bits per heavy atom. The first-order chi connectivity index (χ1) is 12.9. The predicted octanol–water partition coefficient (Wildman–Crippen LogP) is 2.51. The number of rotatable bonds is 5. The van der Waals surface area contributed by atoms with Crippen LogP contribution in [0.15, 0.2) is 41.3 Å². The van der Waals surface area contributed by atoms with E-state index in [9.17, 15) is 9.59 Å². The molecule has 1 N–H and O–H groups in total. The van der Waals surface area contributed by atoms with Crippen molar-refractivity contribution in [2.45, 2.75) is 20.3 Å². The molecule has 140 valence electrons. The third-order valence-electron chi connectivity index (χ3n) is 4.24. The lowest BCUT2D eigenvalue weighted by molar-refractivity contribution is -0.115. The molecule has 1 aromatic carbocycles. The van der Waals surface area contributed by atoms with E-state index in [2.05, 4.69) is 10.3 Å². The molecule has 0 bridgehead atoms. The Morgan fingerprint density at radius 2 is 1.85 bits per heavy atom. The molecule has 1 amide bonds. The SMILES string of the molecule is COc1ccc(CC(=O)Nc2c(C)nc3cc(C)ccn3c2=O)cc1OC. The quantitative estimate of drug-likeness (QED) is 0.749. The Balaban J connectivity index is 1.86. The second-order valence-electron chi connectivity index (χ2n) is 6.22. The molecule has 0 aliphatic heterocycles. The minimum atomic E-state index is -0.309. The van der Waals surface area contributed by atoms with E-state index in [1.165, 1.54) is 11.5 Å². The molecule has 0 saturated carbocycles. The Morgan fingerprint density at radius 1 is 1.11 bits per heavy atom. The molecule has 0 unspecified atom stereocenters. The number of fused-ring (bicyclic) bond motifs is 1. The standard InChI is InChI=1S/C20H21N3O4/c1-12-7-8-23-17(9-12)21-13(2)19(20(23)25)22-18(24)11-14-5-6-15(26-3)16(10-14)27-4/h5-10H,11H2,1-4H3,(H,22,24). The summed E-state index contributed by atoms with van der Waals surface area (Å²) in [6.45, 7) is 3.63. The van der Waals surface area contributed by atoms with Crippen LogP contribution >= 0.6 is 0 Å². The average molecular weight is 367 g/mol. The number of nitrogens with zero attached hydrogens (tertiary/aromatic N) is 2. The second kappa shape index (κ2) is 7.49. The van der Waals surface area contributed by atoms with Crippen LogP contribution in [0.3, 0.4) is 0 Å². The first-order valence-electron chi connectivity index (χ1n) is 8.43. The van der Waals surface area contributed by atoms with Crippen LogP contribution in [0.2, 0.25) is 0 Å². The molecule has 0 saturated heterocycles. The maximum absolute atomic E-state index is 12.7. The summed E-state index contributed by atoms with van der Waals surface area (Å²) in [5.74, 6) is 0.822. The predicted molar refractivity (Wildman–Crippen MR) is 103 cm³/mol. The molecule has 0 aliphatic rings. The molecule has 27 heavy (non-hydrogen) atoms. The van der Waals surface area contributed by atoms with Gasteiger partial charge in [-0.3, -0.25) is 14.0 Å². The van der Waals surface area contributed by atoms with E-state index in [4.69, 9.17) is 9.47 Å². The van der Waals surface area contributed by atoms with Crippen molar-refractivity contribution in [3.63, 3.8) is 0 Å². The summed E-state index contributed by atoms with van der Waals surface area (Å²) in [5.41, 5.74) is 2.65. The molecule has 0 spiro atoms. The number of anilines is 1. The summed E-state index contributed by atoms with van der Waals surface area (Å²) in [6, 6.07) is 8.90. The minimum Gasteiger partial charge on any atom is -0.493 e. The van der Waals surface area contributed by atoms with Gasteiger partial charge in [-0.15, -0.1) is 0 Å². The highest BCUT2D eigenvalue weighted by Crippen LogP contribution is 2.27. The number of aromatic nitrogens is 2. The van der Waals surface area contributed by atoms with Crippen LogP contribution in [0, 0.1) is 13.8 Å². The summed E-state index contributed by atoms with van der Waals surface area (Å²) >= 11 is 0. The van der Waals surface area contributed by atoms with Gasteiger partial charge in [0, 0.05) is 6.20 Å². The molecule has 2 aromatic heterocycles. The highest BCUT2D eigenvalue weighted by atomic mass is 16.5. The van der Waals surface area contributed by atoms with E-state index < -0.39 is 0 Å². The van der Waals surface area contributed by atoms with Gasteiger partial charge in [0.05, 0.1) is 26.3 Å². The van der Waals surface area contributed by atoms with Crippen LogP contribution in [0.4, 0.5) is 5.69 Å². The fourth-order valence-corrected chi connectivity index (χ4v) is 2.85. The van der Waals surface area contributed by atoms with Gasteiger partial charge >= 0.3 is 0 Å². The molecule has 0 fully saturated rings. The molecule has 0 radical (unpaired) electrons. The lowest BCUT2D eigenvalue weighted by Gasteiger charge is -2.11. The zero-order valence-electron chi connectivity index (χ0n) is 15.7. The fourth-order valence-electron chi connectivity index (χ4n) is 2.85. The Bertz CT molecular complexity index is 1070. The normalized spacial score (nSPS) is 10.7. The van der Waals surface area contributed by atoms with Gasteiger partial charge in [-0.2, -0.15) is 0 Å². The molecule has 7 heteroatoms. The maximum atomic E-state index is 12.7. The van der Waals surface area contributed by atoms with Crippen molar-refractivity contribution in [1.82, 2.24) is 9.38 Å². The topological polar surface area (TPSA) is 81.9 Å². The molecule has 7 nitrogen and oxygen atoms in total. The van der Waals surface area contributed by atoms with Crippen molar-refractivity contribution in [2.24, 2.45) is 0 Å². The number of methoxy groups -OCH3 is 2. The summed E-state index contributed by atoms with van der Waals surface area (Å²) < 4.78 is 11.9. The molecule has 0 aliphatic carbocycles. The molecule has 2 heterocycles. The van der Waals surface area contributed by atoms with Gasteiger partial charge in [0.25, 0.3) is 5.56 Å². The van der Waals surface area contributed by atoms with Crippen molar-refractivity contribution < 1.29 is 14.3 Å². The van der Waals surface area contributed by atoms with Gasteiger partial charge in [0.2, 0.25) is 5.91 Å². The van der Waals surface area contributed by atoms with Crippen LogP contribution in [-0.2, 0) is 11.2 Å². The van der Waals surface area contributed by atoms with E-state index in [-0.39, 0.29) is 23.6 Å². The van der Waals surface area contributed by atoms with E-state index >= 15 is 0 Å². The summed E-state index contributed by atoms with van der Waals surface area (Å²) in [6.07, 6.45) is 1.75. The number of carbonyl (C=O) groups excluding carboxylic acids is 1. The van der Waals surface area contributed by atoms with E-state index in [0.717, 1.165) is 11.1 Å². The van der Waals surface area contributed by atoms with Gasteiger partial charge in [0.1, 0.15) is 11.3 Å². The van der Waals surface area contributed by atoms with Crippen LogP contribution in [-0.4, -0.2) is 29.5 Å². The molecule has 0 atom stereocenters. The monoisotopic (exact) mass is 367 g/mol. The van der Waals surface area contributed by atoms with Gasteiger partial charge in [-0.05, 0) is 49.2 Å². The third-order valence-corrected chi connectivity index (χ3v) is 4.24. The van der Waals surface area contributed by atoms with Crippen molar-refractivity contribution >= 4 is 17.2 Å². The summed E-state index contributed by atoms with van der Waals surface area (Å²) in [4.78, 5) is 29.6. The van der Waals surface area contributed by atoms with Gasteiger partial charge in [-0.25, -0.2) is 4.98 Å². The van der Waals surface area contributed by atoms with Crippen LogP contribution in [0.1, 0.15) is 16.8 Å². The van der Waals surface area contributed by atoms with Crippen LogP contribution in [0.5, 0.6) is 11.5 Å². The number of amides is 1. The Hall–Kier alpha value is -3.35. The Kier molecular flexibility index (Phi) is 5.12. The lowest BCUT2D eigenvalue weighted by Crippen LogP contribution is -2.25. The maximum Gasteiger partial charge on any atom is 0.281 e. The smallest absolute Gasteiger partial charge is 0.281 e. The molecular weight excluding hydrogens is 346 g/mol. The first-order valence-corrected chi connectivity index (χ1v) is 8.43. The summed E-state index contributed by atoms with van der Waals surface area (Å²) in [7, 11) is 3.09. The van der Waals surface area contributed by atoms with Crippen molar-refractivity contribution in [3.05, 3.63) is 63.7 Å². The average Bonchev–Trinajstić information content (AvgIpc) is 2.64. The van der Waals surface area contributed by atoms with Crippen LogP contribution in [0.25, 0.3) is 5.65 Å². The number of aryl methyl sites for hydroxylation is 2. The zero-order valence-corrected chi connectivity index (χ0v) is 15.7. The zero-order chi connectivity index (χ0) is 19.6. The minimum absolute atomic E-state index is 0.0931. The molecule has 3 rings (SSSR count). The van der Waals surface area contributed by atoms with E-state index in [0.29, 0.717) is 22.8 Å². The number of ether oxygens (including phenoxy) is 2. The van der Waals surface area contributed by atoms with E-state index in [1.54, 1.807) is 38.4 Å². The first kappa shape index (κ1) is 18.4. The van der Waals surface area contributed by atoms with Gasteiger partial charge < -0.3 is 14.8 Å². The molecular formula is C20H21N3O4. The number of nitrogens with one attached hydrogen (secondary N) is 1. The Labute approximate surface area is 156 Å². The fraction of sp³-hybridized carbons (Fsp3) is 0.250. The highest BCUT2D eigenvalue weighted by molar-refractivity contribution is 5.92. The molecule has 3 aromatic rings. The summed E-state index contributed by atoms with van der Waals surface area (Å²) in [5, 5.41) is 2.69.